The minimum atomic E-state index is -0.509. The zero-order valence-corrected chi connectivity index (χ0v) is 15.2. The van der Waals surface area contributed by atoms with Gasteiger partial charge in [0, 0.05) is 25.5 Å². The predicted molar refractivity (Wildman–Crippen MR) is 99.9 cm³/mol. The van der Waals surface area contributed by atoms with Crippen molar-refractivity contribution >= 4 is 17.4 Å². The Hall–Kier alpha value is -3.23. The van der Waals surface area contributed by atoms with Crippen molar-refractivity contribution in [2.45, 2.75) is 25.9 Å². The van der Waals surface area contributed by atoms with Crippen LogP contribution in [0.15, 0.2) is 35.1 Å². The number of fused-ring (bicyclic) bond motifs is 1. The molecule has 0 bridgehead atoms. The highest BCUT2D eigenvalue weighted by molar-refractivity contribution is 6.07. The number of anilines is 2. The number of carbonyl (C=O) groups is 1. The number of hydrogen-bond donors (Lipinski definition) is 0. The van der Waals surface area contributed by atoms with E-state index in [1.807, 2.05) is 12.1 Å². The average molecular weight is 382 g/mol. The van der Waals surface area contributed by atoms with E-state index in [4.69, 9.17) is 4.42 Å². The number of aryl methyl sites for hydroxylation is 1. The Bertz CT molecular complexity index is 1010. The molecule has 144 valence electrons. The topological polar surface area (TPSA) is 80.3 Å². The van der Waals surface area contributed by atoms with Gasteiger partial charge >= 0.3 is 0 Å². The first-order valence-electron chi connectivity index (χ1n) is 9.34. The minimum Gasteiger partial charge on any atom is -0.430 e. The summed E-state index contributed by atoms with van der Waals surface area (Å²) >= 11 is 0. The Labute approximate surface area is 160 Å². The average Bonchev–Trinajstić information content (AvgIpc) is 3.48. The molecular weight excluding hydrogens is 363 g/mol. The zero-order chi connectivity index (χ0) is 19.1. The van der Waals surface area contributed by atoms with Crippen molar-refractivity contribution in [2.75, 3.05) is 29.6 Å². The summed E-state index contributed by atoms with van der Waals surface area (Å²) in [5, 5.41) is 4.06. The van der Waals surface area contributed by atoms with Gasteiger partial charge in [-0.15, -0.1) is 0 Å². The highest BCUT2D eigenvalue weighted by Gasteiger charge is 2.35. The summed E-state index contributed by atoms with van der Waals surface area (Å²) in [6, 6.07) is 3.88. The number of amides is 1. The largest absolute Gasteiger partial charge is 0.430 e. The van der Waals surface area contributed by atoms with Crippen molar-refractivity contribution in [3.63, 3.8) is 0 Å². The molecule has 0 unspecified atom stereocenters. The summed E-state index contributed by atoms with van der Waals surface area (Å²) < 4.78 is 19.7. The van der Waals surface area contributed by atoms with Gasteiger partial charge in [-0.3, -0.25) is 14.4 Å². The monoisotopic (exact) mass is 382 g/mol. The van der Waals surface area contributed by atoms with Crippen LogP contribution in [-0.2, 0) is 13.1 Å². The number of rotatable bonds is 5. The van der Waals surface area contributed by atoms with Crippen LogP contribution in [0, 0.1) is 0 Å². The van der Waals surface area contributed by atoms with Crippen molar-refractivity contribution < 1.29 is 13.6 Å². The van der Waals surface area contributed by atoms with Gasteiger partial charge in [0.05, 0.1) is 30.5 Å². The van der Waals surface area contributed by atoms with Gasteiger partial charge in [-0.1, -0.05) is 0 Å². The number of oxazole rings is 1. The molecule has 0 aliphatic carbocycles. The van der Waals surface area contributed by atoms with Crippen LogP contribution in [0.1, 0.15) is 29.1 Å². The second kappa shape index (κ2) is 6.74. The number of alkyl halides is 1. The normalized spacial score (nSPS) is 16.2. The molecule has 5 heterocycles. The fourth-order valence-electron chi connectivity index (χ4n) is 3.65. The van der Waals surface area contributed by atoms with Crippen molar-refractivity contribution in [2.24, 2.45) is 0 Å². The lowest BCUT2D eigenvalue weighted by Crippen LogP contribution is -2.23. The van der Waals surface area contributed by atoms with Gasteiger partial charge in [-0.05, 0) is 25.0 Å². The number of nitrogens with zero attached hydrogens (tertiary/aromatic N) is 6. The van der Waals surface area contributed by atoms with Gasteiger partial charge in [-0.2, -0.15) is 5.10 Å². The van der Waals surface area contributed by atoms with Crippen LogP contribution in [0.3, 0.4) is 0 Å². The van der Waals surface area contributed by atoms with Gasteiger partial charge in [0.2, 0.25) is 11.7 Å². The number of halogens is 1. The molecule has 28 heavy (non-hydrogen) atoms. The second-order valence-corrected chi connectivity index (χ2v) is 6.94. The Morgan fingerprint density at radius 2 is 2.04 bits per heavy atom. The molecule has 0 N–H and O–H groups in total. The van der Waals surface area contributed by atoms with Gasteiger partial charge in [0.1, 0.15) is 18.2 Å². The second-order valence-electron chi connectivity index (χ2n) is 6.94. The van der Waals surface area contributed by atoms with Gasteiger partial charge in [0.15, 0.2) is 0 Å². The molecule has 1 amide bonds. The van der Waals surface area contributed by atoms with Crippen LogP contribution in [0.4, 0.5) is 15.9 Å². The molecular formula is C19H19FN6O2. The number of aromatic nitrogens is 4. The molecule has 3 aromatic rings. The van der Waals surface area contributed by atoms with E-state index in [1.54, 1.807) is 18.6 Å². The van der Waals surface area contributed by atoms with Crippen LogP contribution < -0.4 is 9.80 Å². The molecule has 0 spiro atoms. The summed E-state index contributed by atoms with van der Waals surface area (Å²) in [5.41, 5.74) is 1.93. The van der Waals surface area contributed by atoms with E-state index in [9.17, 15) is 9.18 Å². The molecule has 1 saturated heterocycles. The molecule has 2 aliphatic heterocycles. The number of carbonyl (C=O) groups excluding carboxylic acids is 1. The first kappa shape index (κ1) is 16.9. The van der Waals surface area contributed by atoms with Crippen LogP contribution in [0.5, 0.6) is 0 Å². The fraction of sp³-hybridized carbons (Fsp3) is 0.368. The van der Waals surface area contributed by atoms with Crippen molar-refractivity contribution in [1.29, 1.82) is 0 Å². The molecule has 5 rings (SSSR count). The highest BCUT2D eigenvalue weighted by atomic mass is 19.1. The lowest BCUT2D eigenvalue weighted by Gasteiger charge is -2.15. The highest BCUT2D eigenvalue weighted by Crippen LogP contribution is 2.32. The molecule has 2 aliphatic rings. The van der Waals surface area contributed by atoms with E-state index in [2.05, 4.69) is 20.0 Å². The van der Waals surface area contributed by atoms with E-state index < -0.39 is 6.67 Å². The van der Waals surface area contributed by atoms with E-state index in [0.717, 1.165) is 24.5 Å². The van der Waals surface area contributed by atoms with E-state index >= 15 is 0 Å². The number of pyridine rings is 1. The van der Waals surface area contributed by atoms with Crippen molar-refractivity contribution in [3.05, 3.63) is 42.2 Å². The lowest BCUT2D eigenvalue weighted by molar-refractivity contribution is 0.0972. The van der Waals surface area contributed by atoms with Crippen LogP contribution >= 0.6 is 0 Å². The summed E-state index contributed by atoms with van der Waals surface area (Å²) in [4.78, 5) is 25.5. The van der Waals surface area contributed by atoms with Crippen molar-refractivity contribution in [3.8, 4) is 11.5 Å². The summed E-state index contributed by atoms with van der Waals surface area (Å²) in [7, 11) is 0. The van der Waals surface area contributed by atoms with Crippen LogP contribution in [0.25, 0.3) is 11.5 Å². The Morgan fingerprint density at radius 1 is 1.18 bits per heavy atom. The first-order valence-corrected chi connectivity index (χ1v) is 9.34. The van der Waals surface area contributed by atoms with Gasteiger partial charge < -0.3 is 9.32 Å². The van der Waals surface area contributed by atoms with E-state index in [0.29, 0.717) is 23.8 Å². The maximum atomic E-state index is 12.7. The molecule has 0 atom stereocenters. The zero-order valence-electron chi connectivity index (χ0n) is 15.2. The molecule has 1 fully saturated rings. The van der Waals surface area contributed by atoms with Crippen LogP contribution in [-0.4, -0.2) is 45.4 Å². The standard InChI is InChI=1S/C19H19FN6O2/c20-5-8-25-11-14(10-22-25)26-12-15-17(19(26)27)28-18(23-15)13-3-4-16(21-9-13)24-6-1-2-7-24/h3-4,9-11H,1-2,5-8,12H2. The third kappa shape index (κ3) is 2.83. The predicted octanol–water partition coefficient (Wildman–Crippen LogP) is 2.66. The maximum Gasteiger partial charge on any atom is 0.296 e. The van der Waals surface area contributed by atoms with E-state index in [1.165, 1.54) is 22.4 Å². The quantitative estimate of drug-likeness (QED) is 0.675. The van der Waals surface area contributed by atoms with E-state index in [-0.39, 0.29) is 18.2 Å². The number of hydrogen-bond acceptors (Lipinski definition) is 6. The SMILES string of the molecule is O=C1c2oc(-c3ccc(N4CCCC4)nc3)nc2CN1c1cnn(CCF)c1. The van der Waals surface area contributed by atoms with Gasteiger partial charge in [0.25, 0.3) is 5.91 Å². The Balaban J connectivity index is 1.35. The fourth-order valence-corrected chi connectivity index (χ4v) is 3.65. The summed E-state index contributed by atoms with van der Waals surface area (Å²) in [5.74, 6) is 1.31. The molecule has 3 aromatic heterocycles. The van der Waals surface area contributed by atoms with Crippen molar-refractivity contribution in [1.82, 2.24) is 19.7 Å². The summed E-state index contributed by atoms with van der Waals surface area (Å²) in [6.07, 6.45) is 7.31. The Kier molecular flexibility index (Phi) is 4.07. The summed E-state index contributed by atoms with van der Waals surface area (Å²) in [6.45, 7) is 2.02. The molecule has 9 heteroatoms. The Morgan fingerprint density at radius 3 is 2.75 bits per heavy atom. The minimum absolute atomic E-state index is 0.161. The lowest BCUT2D eigenvalue weighted by atomic mass is 10.3. The third-order valence-corrected chi connectivity index (χ3v) is 5.11. The maximum absolute atomic E-state index is 12.7. The smallest absolute Gasteiger partial charge is 0.296 e. The molecule has 0 aromatic carbocycles. The third-order valence-electron chi connectivity index (χ3n) is 5.11. The van der Waals surface area contributed by atoms with Gasteiger partial charge in [-0.25, -0.2) is 14.4 Å². The molecule has 0 saturated carbocycles. The molecule has 8 nitrogen and oxygen atoms in total. The van der Waals surface area contributed by atoms with Crippen LogP contribution in [0.2, 0.25) is 0 Å². The molecule has 0 radical (unpaired) electrons. The first-order chi connectivity index (χ1) is 13.7.